The molecule has 0 N–H and O–H groups in total. The normalized spacial score (nSPS) is 21.8. The first-order valence-corrected chi connectivity index (χ1v) is 10.4. The number of halogens is 1. The summed E-state index contributed by atoms with van der Waals surface area (Å²) in [6.07, 6.45) is 2.11. The summed E-state index contributed by atoms with van der Waals surface area (Å²) in [5.41, 5.74) is 1.79. The van der Waals surface area contributed by atoms with E-state index >= 15 is 0 Å². The number of carbonyl (C=O) groups is 2. The number of benzene rings is 1. The molecule has 7 heteroatoms. The molecule has 0 unspecified atom stereocenters. The van der Waals surface area contributed by atoms with Crippen molar-refractivity contribution >= 4 is 29.1 Å². The van der Waals surface area contributed by atoms with E-state index in [1.54, 1.807) is 4.90 Å². The molecule has 1 aromatic carbocycles. The molecule has 1 fully saturated rings. The maximum absolute atomic E-state index is 12.9. The van der Waals surface area contributed by atoms with Gasteiger partial charge < -0.3 is 14.6 Å². The molecule has 0 aliphatic carbocycles. The molecule has 2 aliphatic rings. The SMILES string of the molecule is CCN(CC)C(=O)[C@H]1CCCN(C(=O)[C@H]2CC(Cc3ccccc3Cl)=NO2)C1. The third kappa shape index (κ3) is 4.66. The van der Waals surface area contributed by atoms with Crippen molar-refractivity contribution in [3.05, 3.63) is 34.9 Å². The minimum absolute atomic E-state index is 0.0741. The highest BCUT2D eigenvalue weighted by Crippen LogP contribution is 2.24. The lowest BCUT2D eigenvalue weighted by Crippen LogP contribution is -2.49. The number of hydrogen-bond donors (Lipinski definition) is 0. The monoisotopic (exact) mass is 405 g/mol. The van der Waals surface area contributed by atoms with Crippen molar-refractivity contribution in [2.24, 2.45) is 11.1 Å². The van der Waals surface area contributed by atoms with E-state index in [1.807, 2.05) is 43.0 Å². The van der Waals surface area contributed by atoms with Crippen LogP contribution < -0.4 is 0 Å². The first-order chi connectivity index (χ1) is 13.5. The fourth-order valence-corrected chi connectivity index (χ4v) is 4.10. The first-order valence-electron chi connectivity index (χ1n) is 10.1. The second-order valence-corrected chi connectivity index (χ2v) is 7.77. The molecule has 0 bridgehead atoms. The van der Waals surface area contributed by atoms with Gasteiger partial charge >= 0.3 is 0 Å². The number of hydrogen-bond acceptors (Lipinski definition) is 4. The Hall–Kier alpha value is -2.08. The van der Waals surface area contributed by atoms with E-state index < -0.39 is 6.10 Å². The second-order valence-electron chi connectivity index (χ2n) is 7.36. The van der Waals surface area contributed by atoms with Crippen LogP contribution in [0, 0.1) is 5.92 Å². The summed E-state index contributed by atoms with van der Waals surface area (Å²) in [6.45, 7) is 6.50. The van der Waals surface area contributed by atoms with E-state index in [0.29, 0.717) is 44.0 Å². The van der Waals surface area contributed by atoms with Gasteiger partial charge in [-0.05, 0) is 38.3 Å². The maximum atomic E-state index is 12.9. The van der Waals surface area contributed by atoms with Crippen LogP contribution in [0.3, 0.4) is 0 Å². The Morgan fingerprint density at radius 3 is 2.75 bits per heavy atom. The van der Waals surface area contributed by atoms with Crippen molar-refractivity contribution in [1.82, 2.24) is 9.80 Å². The zero-order valence-electron chi connectivity index (χ0n) is 16.6. The van der Waals surface area contributed by atoms with Crippen LogP contribution in [0.15, 0.2) is 29.4 Å². The van der Waals surface area contributed by atoms with Crippen molar-refractivity contribution in [2.75, 3.05) is 26.2 Å². The van der Waals surface area contributed by atoms with Crippen LogP contribution in [0.1, 0.15) is 38.7 Å². The van der Waals surface area contributed by atoms with E-state index in [0.717, 1.165) is 24.1 Å². The summed E-state index contributed by atoms with van der Waals surface area (Å²) in [4.78, 5) is 34.6. The minimum Gasteiger partial charge on any atom is -0.382 e. The van der Waals surface area contributed by atoms with Gasteiger partial charge in [0.05, 0.1) is 11.6 Å². The van der Waals surface area contributed by atoms with Crippen LogP contribution in [0.25, 0.3) is 0 Å². The number of likely N-dealkylation sites (tertiary alicyclic amines) is 1. The van der Waals surface area contributed by atoms with Crippen LogP contribution >= 0.6 is 11.6 Å². The van der Waals surface area contributed by atoms with Gasteiger partial charge in [-0.25, -0.2) is 0 Å². The maximum Gasteiger partial charge on any atom is 0.266 e. The largest absolute Gasteiger partial charge is 0.382 e. The molecule has 2 heterocycles. The molecule has 1 aromatic rings. The molecule has 2 atom stereocenters. The molecule has 0 saturated carbocycles. The van der Waals surface area contributed by atoms with Crippen molar-refractivity contribution in [3.63, 3.8) is 0 Å². The average molecular weight is 406 g/mol. The number of rotatable bonds is 6. The molecular weight excluding hydrogens is 378 g/mol. The van der Waals surface area contributed by atoms with Crippen molar-refractivity contribution in [2.45, 2.75) is 45.6 Å². The number of nitrogens with zero attached hydrogens (tertiary/aromatic N) is 3. The van der Waals surface area contributed by atoms with Gasteiger partial charge in [-0.1, -0.05) is 35.0 Å². The number of carbonyl (C=O) groups excluding carboxylic acids is 2. The Morgan fingerprint density at radius 2 is 2.04 bits per heavy atom. The molecule has 6 nitrogen and oxygen atoms in total. The predicted octanol–water partition coefficient (Wildman–Crippen LogP) is 3.13. The lowest BCUT2D eigenvalue weighted by Gasteiger charge is -2.35. The van der Waals surface area contributed by atoms with Crippen molar-refractivity contribution in [1.29, 1.82) is 0 Å². The summed E-state index contributed by atoms with van der Waals surface area (Å²) in [7, 11) is 0. The molecule has 1 saturated heterocycles. The highest BCUT2D eigenvalue weighted by atomic mass is 35.5. The first kappa shape index (κ1) is 20.6. The smallest absolute Gasteiger partial charge is 0.266 e. The average Bonchev–Trinajstić information content (AvgIpc) is 3.18. The van der Waals surface area contributed by atoms with E-state index in [9.17, 15) is 9.59 Å². The standard InChI is InChI=1S/C21H28ClN3O3/c1-3-24(4-2)20(26)16-9-7-11-25(14-16)21(27)19-13-17(23-28-19)12-15-8-5-6-10-18(15)22/h5-6,8,10,16,19H,3-4,7,9,11-14H2,1-2H3/t16-,19+/m0/s1. The molecule has 2 aliphatic heterocycles. The van der Waals surface area contributed by atoms with Gasteiger partial charge in [0.1, 0.15) is 0 Å². The van der Waals surface area contributed by atoms with Crippen LogP contribution in [0.5, 0.6) is 0 Å². The summed E-state index contributed by atoms with van der Waals surface area (Å²) in [6, 6.07) is 7.61. The third-order valence-corrected chi connectivity index (χ3v) is 5.88. The van der Waals surface area contributed by atoms with E-state index in [1.165, 1.54) is 0 Å². The number of oxime groups is 1. The van der Waals surface area contributed by atoms with Gasteiger partial charge in [-0.3, -0.25) is 9.59 Å². The van der Waals surface area contributed by atoms with Crippen LogP contribution in [-0.2, 0) is 20.8 Å². The van der Waals surface area contributed by atoms with E-state index in [2.05, 4.69) is 5.16 Å². The Kier molecular flexibility index (Phi) is 6.94. The van der Waals surface area contributed by atoms with E-state index in [-0.39, 0.29) is 17.7 Å². The molecule has 2 amide bonds. The molecule has 3 rings (SSSR count). The van der Waals surface area contributed by atoms with Crippen molar-refractivity contribution in [3.8, 4) is 0 Å². The fourth-order valence-electron chi connectivity index (χ4n) is 3.90. The second kappa shape index (κ2) is 9.41. The molecule has 0 aromatic heterocycles. The third-order valence-electron chi connectivity index (χ3n) is 5.52. The Bertz CT molecular complexity index is 748. The molecule has 28 heavy (non-hydrogen) atoms. The summed E-state index contributed by atoms with van der Waals surface area (Å²) < 4.78 is 0. The highest BCUT2D eigenvalue weighted by molar-refractivity contribution is 6.31. The van der Waals surface area contributed by atoms with Crippen molar-refractivity contribution < 1.29 is 14.4 Å². The summed E-state index contributed by atoms with van der Waals surface area (Å²) >= 11 is 6.21. The Balaban J connectivity index is 1.56. The summed E-state index contributed by atoms with van der Waals surface area (Å²) in [5, 5.41) is 4.80. The van der Waals surface area contributed by atoms with Gasteiger partial charge in [-0.15, -0.1) is 0 Å². The molecule has 0 spiro atoms. The van der Waals surface area contributed by atoms with Crippen LogP contribution in [-0.4, -0.2) is 59.6 Å². The lowest BCUT2D eigenvalue weighted by atomic mass is 9.95. The Labute approximate surface area is 171 Å². The Morgan fingerprint density at radius 1 is 1.29 bits per heavy atom. The molecular formula is C21H28ClN3O3. The topological polar surface area (TPSA) is 62.2 Å². The van der Waals surface area contributed by atoms with Gasteiger partial charge in [0.2, 0.25) is 12.0 Å². The van der Waals surface area contributed by atoms with Crippen LogP contribution in [0.2, 0.25) is 5.02 Å². The highest BCUT2D eigenvalue weighted by Gasteiger charge is 2.36. The van der Waals surface area contributed by atoms with Crippen LogP contribution in [0.4, 0.5) is 0 Å². The quantitative estimate of drug-likeness (QED) is 0.730. The lowest BCUT2D eigenvalue weighted by molar-refractivity contribution is -0.147. The number of piperidine rings is 1. The van der Waals surface area contributed by atoms with Gasteiger partial charge in [0.25, 0.3) is 5.91 Å². The predicted molar refractivity (Wildman–Crippen MR) is 109 cm³/mol. The van der Waals surface area contributed by atoms with Gasteiger partial charge in [0, 0.05) is 44.0 Å². The minimum atomic E-state index is -0.597. The molecule has 152 valence electrons. The van der Waals surface area contributed by atoms with Gasteiger partial charge in [0.15, 0.2) is 0 Å². The van der Waals surface area contributed by atoms with Gasteiger partial charge in [-0.2, -0.15) is 0 Å². The molecule has 0 radical (unpaired) electrons. The van der Waals surface area contributed by atoms with E-state index in [4.69, 9.17) is 16.4 Å². The zero-order valence-corrected chi connectivity index (χ0v) is 17.3. The number of amides is 2. The fraction of sp³-hybridized carbons (Fsp3) is 0.571. The summed E-state index contributed by atoms with van der Waals surface area (Å²) in [5.74, 6) is -0.0528. The zero-order chi connectivity index (χ0) is 20.1.